The average molecular weight is 154 g/mol. The molecule has 2 aliphatic rings. The third-order valence-corrected chi connectivity index (χ3v) is 2.74. The number of carbonyl (C=O) groups is 1. The molecule has 11 heavy (non-hydrogen) atoms. The van der Waals surface area contributed by atoms with Crippen molar-refractivity contribution in [2.24, 2.45) is 11.8 Å². The van der Waals surface area contributed by atoms with E-state index in [9.17, 15) is 4.79 Å². The molecule has 2 rings (SSSR count). The first-order valence-corrected chi connectivity index (χ1v) is 4.33. The molecule has 1 amide bonds. The summed E-state index contributed by atoms with van der Waals surface area (Å²) in [5.74, 6) is 1.68. The van der Waals surface area contributed by atoms with Gasteiger partial charge in [0.25, 0.3) is 0 Å². The van der Waals surface area contributed by atoms with Crippen LogP contribution in [0.25, 0.3) is 0 Å². The number of nitrogens with one attached hydrogen (secondary N) is 2. The number of hydrogen-bond acceptors (Lipinski definition) is 2. The molecule has 1 aliphatic heterocycles. The molecule has 1 saturated carbocycles. The van der Waals surface area contributed by atoms with E-state index in [4.69, 9.17) is 0 Å². The van der Waals surface area contributed by atoms with Gasteiger partial charge in [0.2, 0.25) is 5.91 Å². The Kier molecular flexibility index (Phi) is 1.60. The fourth-order valence-corrected chi connectivity index (χ4v) is 1.92. The highest BCUT2D eigenvalue weighted by molar-refractivity contribution is 5.76. The van der Waals surface area contributed by atoms with Gasteiger partial charge in [-0.05, 0) is 11.8 Å². The molecule has 0 aromatic rings. The maximum atomic E-state index is 11.0. The first kappa shape index (κ1) is 7.10. The van der Waals surface area contributed by atoms with Gasteiger partial charge in [0.05, 0.1) is 0 Å². The first-order chi connectivity index (χ1) is 5.33. The van der Waals surface area contributed by atoms with Gasteiger partial charge in [-0.15, -0.1) is 0 Å². The summed E-state index contributed by atoms with van der Waals surface area (Å²) in [6.45, 7) is 4.09. The van der Waals surface area contributed by atoms with Gasteiger partial charge >= 0.3 is 0 Å². The number of amides is 1. The zero-order chi connectivity index (χ0) is 7.84. The van der Waals surface area contributed by atoms with E-state index in [2.05, 4.69) is 10.6 Å². The van der Waals surface area contributed by atoms with Crippen molar-refractivity contribution in [1.82, 2.24) is 10.6 Å². The molecular formula is C8H14N2O. The van der Waals surface area contributed by atoms with E-state index in [0.717, 1.165) is 24.9 Å². The van der Waals surface area contributed by atoms with E-state index in [1.807, 2.05) is 6.92 Å². The quantitative estimate of drug-likeness (QED) is 0.575. The van der Waals surface area contributed by atoms with Crippen molar-refractivity contribution in [3.63, 3.8) is 0 Å². The summed E-state index contributed by atoms with van der Waals surface area (Å²) in [6.07, 6.45) is 0.614. The molecule has 0 aromatic heterocycles. The predicted octanol–water partition coefficient (Wildman–Crippen LogP) is -0.270. The molecule has 0 bridgehead atoms. The lowest BCUT2D eigenvalue weighted by atomic mass is 10.4. The molecule has 3 atom stereocenters. The van der Waals surface area contributed by atoms with Gasteiger partial charge in [0.15, 0.2) is 0 Å². The number of fused-ring (bicyclic) bond motifs is 1. The minimum Gasteiger partial charge on any atom is -0.353 e. The SMILES string of the molecule is CCC(=O)NC1[C@H]2CNC[C@@H]12. The monoisotopic (exact) mass is 154 g/mol. The van der Waals surface area contributed by atoms with Crippen LogP contribution in [0.1, 0.15) is 13.3 Å². The molecule has 0 radical (unpaired) electrons. The summed E-state index contributed by atoms with van der Waals surface area (Å²) in [5.41, 5.74) is 0. The van der Waals surface area contributed by atoms with Gasteiger partial charge < -0.3 is 10.6 Å². The fourth-order valence-electron chi connectivity index (χ4n) is 1.92. The largest absolute Gasteiger partial charge is 0.353 e. The van der Waals surface area contributed by atoms with Crippen LogP contribution < -0.4 is 10.6 Å². The lowest BCUT2D eigenvalue weighted by Gasteiger charge is -2.05. The van der Waals surface area contributed by atoms with E-state index in [0.29, 0.717) is 12.5 Å². The van der Waals surface area contributed by atoms with Crippen LogP contribution >= 0.6 is 0 Å². The van der Waals surface area contributed by atoms with Crippen LogP contribution in [0.2, 0.25) is 0 Å². The van der Waals surface area contributed by atoms with Crippen LogP contribution in [0, 0.1) is 11.8 Å². The second-order valence-electron chi connectivity index (χ2n) is 3.43. The van der Waals surface area contributed by atoms with E-state index in [1.165, 1.54) is 0 Å². The van der Waals surface area contributed by atoms with Crippen molar-refractivity contribution >= 4 is 5.91 Å². The first-order valence-electron chi connectivity index (χ1n) is 4.33. The molecule has 1 saturated heterocycles. The Morgan fingerprint density at radius 2 is 2.18 bits per heavy atom. The molecule has 2 N–H and O–H groups in total. The van der Waals surface area contributed by atoms with E-state index < -0.39 is 0 Å². The van der Waals surface area contributed by atoms with Gasteiger partial charge in [-0.3, -0.25) is 4.79 Å². The molecule has 2 fully saturated rings. The summed E-state index contributed by atoms with van der Waals surface area (Å²) in [6, 6.07) is 0.503. The maximum Gasteiger partial charge on any atom is 0.219 e. The molecule has 3 heteroatoms. The van der Waals surface area contributed by atoms with Crippen LogP contribution in [0.5, 0.6) is 0 Å². The van der Waals surface area contributed by atoms with Gasteiger partial charge in [-0.1, -0.05) is 6.92 Å². The van der Waals surface area contributed by atoms with Crippen molar-refractivity contribution in [3.8, 4) is 0 Å². The minimum atomic E-state index is 0.199. The molecule has 1 aliphatic carbocycles. The number of hydrogen-bond donors (Lipinski definition) is 2. The Balaban J connectivity index is 1.79. The summed E-state index contributed by atoms with van der Waals surface area (Å²) in [5, 5.41) is 6.32. The highest BCUT2D eigenvalue weighted by Gasteiger charge is 2.53. The number of piperidine rings is 1. The summed E-state index contributed by atoms with van der Waals surface area (Å²) >= 11 is 0. The smallest absolute Gasteiger partial charge is 0.219 e. The van der Waals surface area contributed by atoms with Crippen molar-refractivity contribution in [2.75, 3.05) is 13.1 Å². The predicted molar refractivity (Wildman–Crippen MR) is 42.1 cm³/mol. The van der Waals surface area contributed by atoms with Crippen molar-refractivity contribution < 1.29 is 4.79 Å². The van der Waals surface area contributed by atoms with Gasteiger partial charge in [-0.25, -0.2) is 0 Å². The van der Waals surface area contributed by atoms with Gasteiger partial charge in [0.1, 0.15) is 0 Å². The molecule has 0 aromatic carbocycles. The normalized spacial score (nSPS) is 39.9. The second-order valence-corrected chi connectivity index (χ2v) is 3.43. The highest BCUT2D eigenvalue weighted by Crippen LogP contribution is 2.41. The van der Waals surface area contributed by atoms with E-state index >= 15 is 0 Å². The van der Waals surface area contributed by atoms with Crippen LogP contribution in [0.4, 0.5) is 0 Å². The Hall–Kier alpha value is -0.570. The van der Waals surface area contributed by atoms with E-state index in [1.54, 1.807) is 0 Å². The minimum absolute atomic E-state index is 0.199. The number of rotatable bonds is 2. The van der Waals surface area contributed by atoms with Crippen LogP contribution in [-0.2, 0) is 4.79 Å². The third kappa shape index (κ3) is 1.13. The van der Waals surface area contributed by atoms with Crippen LogP contribution in [-0.4, -0.2) is 25.0 Å². The zero-order valence-electron chi connectivity index (χ0n) is 6.76. The van der Waals surface area contributed by atoms with Crippen LogP contribution in [0.15, 0.2) is 0 Å². The zero-order valence-corrected chi connectivity index (χ0v) is 6.76. The lowest BCUT2D eigenvalue weighted by Crippen LogP contribution is -2.31. The van der Waals surface area contributed by atoms with Gasteiger partial charge in [-0.2, -0.15) is 0 Å². The Morgan fingerprint density at radius 3 is 2.73 bits per heavy atom. The number of carbonyl (C=O) groups excluding carboxylic acids is 1. The summed E-state index contributed by atoms with van der Waals surface area (Å²) < 4.78 is 0. The molecule has 1 heterocycles. The Morgan fingerprint density at radius 1 is 1.55 bits per heavy atom. The molecular weight excluding hydrogens is 140 g/mol. The second kappa shape index (κ2) is 2.48. The third-order valence-electron chi connectivity index (χ3n) is 2.74. The van der Waals surface area contributed by atoms with Crippen molar-refractivity contribution in [2.45, 2.75) is 19.4 Å². The molecule has 1 unspecified atom stereocenters. The molecule has 3 nitrogen and oxygen atoms in total. The standard InChI is InChI=1S/C8H14N2O/c1-2-7(11)10-8-5-3-9-4-6(5)8/h5-6,8-9H,2-4H2,1H3,(H,10,11)/t5-,6+,8?. The average Bonchev–Trinajstić information content (AvgIpc) is 2.52. The van der Waals surface area contributed by atoms with Crippen LogP contribution in [0.3, 0.4) is 0 Å². The summed E-state index contributed by atoms with van der Waals surface area (Å²) in [7, 11) is 0. The van der Waals surface area contributed by atoms with Crippen molar-refractivity contribution in [3.05, 3.63) is 0 Å². The lowest BCUT2D eigenvalue weighted by molar-refractivity contribution is -0.121. The Labute approximate surface area is 66.5 Å². The highest BCUT2D eigenvalue weighted by atomic mass is 16.1. The van der Waals surface area contributed by atoms with Crippen molar-refractivity contribution in [1.29, 1.82) is 0 Å². The topological polar surface area (TPSA) is 41.1 Å². The molecule has 62 valence electrons. The van der Waals surface area contributed by atoms with Gasteiger partial charge in [0, 0.05) is 25.6 Å². The fraction of sp³-hybridized carbons (Fsp3) is 0.875. The maximum absolute atomic E-state index is 11.0. The Bertz CT molecular complexity index is 171. The summed E-state index contributed by atoms with van der Waals surface area (Å²) in [4.78, 5) is 11.0. The molecule has 0 spiro atoms. The van der Waals surface area contributed by atoms with E-state index in [-0.39, 0.29) is 5.91 Å².